The van der Waals surface area contributed by atoms with Crippen molar-refractivity contribution in [1.82, 2.24) is 10.2 Å². The maximum atomic E-state index is 13.8. The number of nitrogens with zero attached hydrogens (tertiary/aromatic N) is 1. The van der Waals surface area contributed by atoms with Crippen molar-refractivity contribution in [2.24, 2.45) is 0 Å². The van der Waals surface area contributed by atoms with Gasteiger partial charge < -0.3 is 20.1 Å². The van der Waals surface area contributed by atoms with Crippen molar-refractivity contribution < 1.29 is 29.0 Å². The molecular weight excluding hydrogens is 510 g/mol. The molecule has 3 aromatic rings. The van der Waals surface area contributed by atoms with Crippen LogP contribution in [0.5, 0.6) is 0 Å². The fourth-order valence-corrected chi connectivity index (χ4v) is 5.09. The van der Waals surface area contributed by atoms with Crippen LogP contribution in [0.2, 0.25) is 5.02 Å². The second-order valence-electron chi connectivity index (χ2n) is 9.31. The SMILES string of the molecule is O=C1Nc2ccc(Cl)cc2[C@]2(CCN(C(=O)[C@H](Cc3ccccc3)NC(=O)c3ccc(C(=O)O)cc3)C2)O1. The molecule has 2 aliphatic rings. The lowest BCUT2D eigenvalue weighted by Crippen LogP contribution is -2.50. The quantitative estimate of drug-likeness (QED) is 0.438. The highest BCUT2D eigenvalue weighted by atomic mass is 35.5. The molecule has 2 atom stereocenters. The number of halogens is 1. The maximum absolute atomic E-state index is 13.8. The van der Waals surface area contributed by atoms with Gasteiger partial charge in [-0.2, -0.15) is 0 Å². The van der Waals surface area contributed by atoms with E-state index < -0.39 is 29.6 Å². The molecule has 1 fully saturated rings. The van der Waals surface area contributed by atoms with Crippen LogP contribution in [0.3, 0.4) is 0 Å². The zero-order chi connectivity index (χ0) is 26.9. The van der Waals surface area contributed by atoms with Crippen molar-refractivity contribution in [2.45, 2.75) is 24.5 Å². The molecule has 3 N–H and O–H groups in total. The van der Waals surface area contributed by atoms with Crippen LogP contribution in [0.4, 0.5) is 10.5 Å². The van der Waals surface area contributed by atoms with Crippen molar-refractivity contribution in [3.8, 4) is 0 Å². The molecule has 10 heteroatoms. The summed E-state index contributed by atoms with van der Waals surface area (Å²) in [5.74, 6) is -1.92. The highest BCUT2D eigenvalue weighted by Gasteiger charge is 2.49. The largest absolute Gasteiger partial charge is 0.478 e. The van der Waals surface area contributed by atoms with Crippen LogP contribution in [0, 0.1) is 0 Å². The lowest BCUT2D eigenvalue weighted by atomic mass is 9.90. The summed E-state index contributed by atoms with van der Waals surface area (Å²) < 4.78 is 5.74. The molecule has 9 nitrogen and oxygen atoms in total. The molecule has 0 radical (unpaired) electrons. The number of carboxylic acids is 1. The predicted octanol–water partition coefficient (Wildman–Crippen LogP) is 4.07. The third-order valence-corrected chi connectivity index (χ3v) is 7.06. The Morgan fingerprint density at radius 1 is 1.05 bits per heavy atom. The standard InChI is InChI=1S/C28H24ClN3O6/c29-20-10-11-22-21(15-20)28(38-27(37)31-22)12-13-32(16-28)25(34)23(14-17-4-2-1-3-5-17)30-24(33)18-6-8-19(9-7-18)26(35)36/h1-11,15,23H,12-14,16H2,(H,30,33)(H,31,37)(H,35,36)/t23-,28+/m0/s1. The van der Waals surface area contributed by atoms with Crippen LogP contribution in [0.1, 0.15) is 38.3 Å². The molecule has 0 aromatic heterocycles. The molecule has 2 heterocycles. The minimum atomic E-state index is -1.10. The molecule has 2 aliphatic heterocycles. The first kappa shape index (κ1) is 25.3. The van der Waals surface area contributed by atoms with Crippen LogP contribution in [-0.4, -0.2) is 53.0 Å². The summed E-state index contributed by atoms with van der Waals surface area (Å²) in [7, 11) is 0. The van der Waals surface area contributed by atoms with Gasteiger partial charge in [-0.1, -0.05) is 41.9 Å². The van der Waals surface area contributed by atoms with Crippen molar-refractivity contribution >= 4 is 41.2 Å². The number of anilines is 1. The Hall–Kier alpha value is -4.37. The Kier molecular flexibility index (Phi) is 6.77. The second-order valence-corrected chi connectivity index (χ2v) is 9.74. The number of amides is 3. The Bertz CT molecular complexity index is 1410. The van der Waals surface area contributed by atoms with Gasteiger partial charge in [0.25, 0.3) is 5.91 Å². The normalized spacial score (nSPS) is 18.8. The molecule has 3 aromatic carbocycles. The highest BCUT2D eigenvalue weighted by molar-refractivity contribution is 6.30. The van der Waals surface area contributed by atoms with Crippen LogP contribution >= 0.6 is 11.6 Å². The number of rotatable bonds is 6. The van der Waals surface area contributed by atoms with Gasteiger partial charge in [-0.15, -0.1) is 0 Å². The minimum absolute atomic E-state index is 0.0535. The van der Waals surface area contributed by atoms with Gasteiger partial charge in [-0.3, -0.25) is 14.9 Å². The number of carbonyl (C=O) groups excluding carboxylic acids is 3. The number of likely N-dealkylation sites (tertiary alicyclic amines) is 1. The van der Waals surface area contributed by atoms with Gasteiger partial charge in [0.2, 0.25) is 5.91 Å². The van der Waals surface area contributed by atoms with Crippen LogP contribution in [-0.2, 0) is 21.6 Å². The van der Waals surface area contributed by atoms with Crippen molar-refractivity contribution in [1.29, 1.82) is 0 Å². The van der Waals surface area contributed by atoms with E-state index in [1.165, 1.54) is 24.3 Å². The molecule has 0 unspecified atom stereocenters. The van der Waals surface area contributed by atoms with Gasteiger partial charge >= 0.3 is 12.1 Å². The van der Waals surface area contributed by atoms with E-state index in [0.29, 0.717) is 29.2 Å². The van der Waals surface area contributed by atoms with Gasteiger partial charge in [-0.25, -0.2) is 9.59 Å². The van der Waals surface area contributed by atoms with Crippen molar-refractivity contribution in [2.75, 3.05) is 18.4 Å². The van der Waals surface area contributed by atoms with Gasteiger partial charge in [0.05, 0.1) is 17.8 Å². The first-order valence-electron chi connectivity index (χ1n) is 12.0. The summed E-state index contributed by atoms with van der Waals surface area (Å²) in [5, 5.41) is 15.1. The number of nitrogens with one attached hydrogen (secondary N) is 2. The number of carbonyl (C=O) groups is 4. The molecule has 0 bridgehead atoms. The lowest BCUT2D eigenvalue weighted by molar-refractivity contribution is -0.133. The monoisotopic (exact) mass is 533 g/mol. The van der Waals surface area contributed by atoms with E-state index in [2.05, 4.69) is 10.6 Å². The number of hydrogen-bond acceptors (Lipinski definition) is 5. The van der Waals surface area contributed by atoms with Crippen LogP contribution in [0.25, 0.3) is 0 Å². The lowest BCUT2D eigenvalue weighted by Gasteiger charge is -2.35. The maximum Gasteiger partial charge on any atom is 0.412 e. The van der Waals surface area contributed by atoms with Crippen molar-refractivity contribution in [3.63, 3.8) is 0 Å². The van der Waals surface area contributed by atoms with Gasteiger partial charge in [0.15, 0.2) is 5.60 Å². The molecule has 0 aliphatic carbocycles. The van der Waals surface area contributed by atoms with Crippen LogP contribution in [0.15, 0.2) is 72.8 Å². The summed E-state index contributed by atoms with van der Waals surface area (Å²) in [6.07, 6.45) is 0.0154. The second kappa shape index (κ2) is 10.2. The Labute approximate surface area is 223 Å². The molecular formula is C28H24ClN3O6. The summed E-state index contributed by atoms with van der Waals surface area (Å²) in [6.45, 7) is 0.424. The molecule has 0 saturated carbocycles. The summed E-state index contributed by atoms with van der Waals surface area (Å²) >= 11 is 6.23. The van der Waals surface area contributed by atoms with Gasteiger partial charge in [0.1, 0.15) is 6.04 Å². The summed E-state index contributed by atoms with van der Waals surface area (Å²) in [4.78, 5) is 51.9. The number of carboxylic acid groups (broad SMARTS) is 1. The topological polar surface area (TPSA) is 125 Å². The van der Waals surface area contributed by atoms with Crippen LogP contribution < -0.4 is 10.6 Å². The third-order valence-electron chi connectivity index (χ3n) is 6.82. The first-order valence-corrected chi connectivity index (χ1v) is 12.4. The fraction of sp³-hybridized carbons (Fsp3) is 0.214. The molecule has 194 valence electrons. The zero-order valence-electron chi connectivity index (χ0n) is 20.1. The average Bonchev–Trinajstić information content (AvgIpc) is 3.33. The Morgan fingerprint density at radius 2 is 1.76 bits per heavy atom. The number of fused-ring (bicyclic) bond motifs is 2. The van der Waals surface area contributed by atoms with E-state index >= 15 is 0 Å². The zero-order valence-corrected chi connectivity index (χ0v) is 20.9. The Morgan fingerprint density at radius 3 is 2.47 bits per heavy atom. The van der Waals surface area contributed by atoms with E-state index in [1.807, 2.05) is 30.3 Å². The first-order chi connectivity index (χ1) is 18.2. The smallest absolute Gasteiger partial charge is 0.412 e. The molecule has 1 spiro atoms. The minimum Gasteiger partial charge on any atom is -0.478 e. The molecule has 38 heavy (non-hydrogen) atoms. The predicted molar refractivity (Wildman–Crippen MR) is 139 cm³/mol. The van der Waals surface area contributed by atoms with E-state index in [9.17, 15) is 19.2 Å². The highest BCUT2D eigenvalue weighted by Crippen LogP contribution is 2.43. The molecule has 1 saturated heterocycles. The van der Waals surface area contributed by atoms with E-state index in [1.54, 1.807) is 23.1 Å². The molecule has 5 rings (SSSR count). The van der Waals surface area contributed by atoms with E-state index in [0.717, 1.165) is 5.56 Å². The average molecular weight is 534 g/mol. The third kappa shape index (κ3) is 5.05. The van der Waals surface area contributed by atoms with E-state index in [4.69, 9.17) is 21.4 Å². The number of benzene rings is 3. The van der Waals surface area contributed by atoms with E-state index in [-0.39, 0.29) is 30.0 Å². The fourth-order valence-electron chi connectivity index (χ4n) is 4.92. The van der Waals surface area contributed by atoms with Gasteiger partial charge in [0, 0.05) is 35.5 Å². The summed E-state index contributed by atoms with van der Waals surface area (Å²) in [6, 6.07) is 19.0. The summed E-state index contributed by atoms with van der Waals surface area (Å²) in [5.41, 5.74) is 1.37. The van der Waals surface area contributed by atoms with Crippen molar-refractivity contribution in [3.05, 3.63) is 100 Å². The number of ether oxygens (including phenoxy) is 1. The number of hydrogen-bond donors (Lipinski definition) is 3. The number of aromatic carboxylic acids is 1. The Balaban J connectivity index is 1.39. The molecule has 3 amide bonds. The van der Waals surface area contributed by atoms with Gasteiger partial charge in [-0.05, 0) is 48.0 Å².